The Balaban J connectivity index is 1.96. The summed E-state index contributed by atoms with van der Waals surface area (Å²) in [7, 11) is 0. The topological polar surface area (TPSA) is 72.2 Å². The fraction of sp³-hybridized carbons (Fsp3) is 0. The Hall–Kier alpha value is -2.28. The highest BCUT2D eigenvalue weighted by Gasteiger charge is 2.11. The average molecular weight is 318 g/mol. The third-order valence-corrected chi connectivity index (χ3v) is 3.11. The molecule has 19 heavy (non-hydrogen) atoms. The molecule has 0 bridgehead atoms. The van der Waals surface area contributed by atoms with Crippen molar-refractivity contribution in [2.45, 2.75) is 0 Å². The van der Waals surface area contributed by atoms with E-state index >= 15 is 0 Å². The highest BCUT2D eigenvalue weighted by Crippen LogP contribution is 2.16. The van der Waals surface area contributed by atoms with Gasteiger partial charge in [0.25, 0.3) is 5.91 Å². The van der Waals surface area contributed by atoms with E-state index in [9.17, 15) is 4.79 Å². The van der Waals surface area contributed by atoms with Gasteiger partial charge in [0.15, 0.2) is 10.3 Å². The Bertz CT molecular complexity index is 740. The van der Waals surface area contributed by atoms with Crippen LogP contribution >= 0.6 is 15.9 Å². The molecule has 0 unspecified atom stereocenters. The van der Waals surface area contributed by atoms with Crippen molar-refractivity contribution >= 4 is 33.4 Å². The standard InChI is InChI=1S/C12H8BrN5O/c13-9-10-14-6-15-12(18(10)7-16-9)17-11(19)8-4-2-1-3-5-8/h1-7H,(H,14,15,17,19). The van der Waals surface area contributed by atoms with Gasteiger partial charge in [-0.15, -0.1) is 0 Å². The molecule has 7 heteroatoms. The molecule has 94 valence electrons. The first-order chi connectivity index (χ1) is 9.25. The van der Waals surface area contributed by atoms with Crippen molar-refractivity contribution in [1.82, 2.24) is 19.4 Å². The number of aromatic nitrogens is 4. The molecule has 1 aromatic carbocycles. The molecular weight excluding hydrogens is 310 g/mol. The van der Waals surface area contributed by atoms with Crippen LogP contribution < -0.4 is 5.32 Å². The number of halogens is 1. The van der Waals surface area contributed by atoms with Crippen molar-refractivity contribution in [3.63, 3.8) is 0 Å². The molecule has 6 nitrogen and oxygen atoms in total. The zero-order valence-electron chi connectivity index (χ0n) is 9.62. The molecule has 0 saturated heterocycles. The summed E-state index contributed by atoms with van der Waals surface area (Å²) in [6, 6.07) is 8.93. The Kier molecular flexibility index (Phi) is 2.96. The van der Waals surface area contributed by atoms with Gasteiger partial charge in [0.05, 0.1) is 0 Å². The molecule has 0 aliphatic rings. The number of benzene rings is 1. The summed E-state index contributed by atoms with van der Waals surface area (Å²) in [6.45, 7) is 0. The quantitative estimate of drug-likeness (QED) is 0.786. The van der Waals surface area contributed by atoms with Crippen molar-refractivity contribution in [2.75, 3.05) is 5.32 Å². The van der Waals surface area contributed by atoms with Crippen molar-refractivity contribution in [1.29, 1.82) is 0 Å². The first-order valence-corrected chi connectivity index (χ1v) is 6.25. The molecule has 3 aromatic rings. The minimum absolute atomic E-state index is 0.231. The second-order valence-electron chi connectivity index (χ2n) is 3.75. The van der Waals surface area contributed by atoms with Crippen LogP contribution in [0.3, 0.4) is 0 Å². The van der Waals surface area contributed by atoms with E-state index in [0.717, 1.165) is 0 Å². The fourth-order valence-electron chi connectivity index (χ4n) is 1.65. The first kappa shape index (κ1) is 11.8. The third-order valence-electron chi connectivity index (χ3n) is 2.55. The number of fused-ring (bicyclic) bond motifs is 1. The SMILES string of the molecule is O=C(Nc1ncnc2c(Br)ncn12)c1ccccc1. The number of imidazole rings is 1. The summed E-state index contributed by atoms with van der Waals surface area (Å²) in [5.74, 6) is 0.141. The maximum Gasteiger partial charge on any atom is 0.257 e. The monoisotopic (exact) mass is 317 g/mol. The van der Waals surface area contributed by atoms with E-state index in [2.05, 4.69) is 36.2 Å². The molecule has 0 aliphatic carbocycles. The molecule has 1 amide bonds. The zero-order chi connectivity index (χ0) is 13.2. The number of rotatable bonds is 2. The molecular formula is C12H8BrN5O. The lowest BCUT2D eigenvalue weighted by atomic mass is 10.2. The largest absolute Gasteiger partial charge is 0.291 e. The summed E-state index contributed by atoms with van der Waals surface area (Å²) in [4.78, 5) is 24.2. The number of nitrogens with one attached hydrogen (secondary N) is 1. The molecule has 0 radical (unpaired) electrons. The van der Waals surface area contributed by atoms with Crippen molar-refractivity contribution in [3.8, 4) is 0 Å². The van der Waals surface area contributed by atoms with Crippen LogP contribution in [0.25, 0.3) is 5.65 Å². The highest BCUT2D eigenvalue weighted by molar-refractivity contribution is 9.10. The van der Waals surface area contributed by atoms with Crippen molar-refractivity contribution in [2.24, 2.45) is 0 Å². The van der Waals surface area contributed by atoms with Crippen LogP contribution in [0.5, 0.6) is 0 Å². The number of nitrogens with zero attached hydrogens (tertiary/aromatic N) is 4. The summed E-state index contributed by atoms with van der Waals surface area (Å²) in [6.07, 6.45) is 2.92. The van der Waals surface area contributed by atoms with Gasteiger partial charge in [-0.25, -0.2) is 15.0 Å². The third kappa shape index (κ3) is 2.19. The second kappa shape index (κ2) is 4.77. The Morgan fingerprint density at radius 3 is 2.74 bits per heavy atom. The van der Waals surface area contributed by atoms with Crippen LogP contribution in [-0.4, -0.2) is 25.3 Å². The van der Waals surface area contributed by atoms with Crippen LogP contribution in [0.1, 0.15) is 10.4 Å². The van der Waals surface area contributed by atoms with Gasteiger partial charge < -0.3 is 0 Å². The minimum Gasteiger partial charge on any atom is -0.291 e. The molecule has 0 aliphatic heterocycles. The summed E-state index contributed by atoms with van der Waals surface area (Å²) in [5, 5.41) is 2.73. The molecule has 2 aromatic heterocycles. The van der Waals surface area contributed by atoms with Crippen LogP contribution in [-0.2, 0) is 0 Å². The molecule has 3 rings (SSSR count). The second-order valence-corrected chi connectivity index (χ2v) is 4.50. The fourth-order valence-corrected chi connectivity index (χ4v) is 2.03. The highest BCUT2D eigenvalue weighted by atomic mass is 79.9. The van der Waals surface area contributed by atoms with Gasteiger partial charge in [0.2, 0.25) is 5.95 Å². The minimum atomic E-state index is -0.231. The van der Waals surface area contributed by atoms with Crippen LogP contribution in [0.4, 0.5) is 5.95 Å². The van der Waals surface area contributed by atoms with E-state index < -0.39 is 0 Å². The van der Waals surface area contributed by atoms with Gasteiger partial charge in [-0.05, 0) is 28.1 Å². The van der Waals surface area contributed by atoms with Gasteiger partial charge in [-0.3, -0.25) is 14.5 Å². The Labute approximate surface area is 116 Å². The van der Waals surface area contributed by atoms with E-state index in [-0.39, 0.29) is 5.91 Å². The van der Waals surface area contributed by atoms with Gasteiger partial charge in [-0.2, -0.15) is 0 Å². The molecule has 0 saturated carbocycles. The van der Waals surface area contributed by atoms with E-state index in [1.54, 1.807) is 35.0 Å². The van der Waals surface area contributed by atoms with Gasteiger partial charge in [0.1, 0.15) is 12.7 Å². The van der Waals surface area contributed by atoms with Gasteiger partial charge >= 0.3 is 0 Å². The zero-order valence-corrected chi connectivity index (χ0v) is 11.2. The normalized spacial score (nSPS) is 10.6. The average Bonchev–Trinajstić information content (AvgIpc) is 2.83. The number of amides is 1. The van der Waals surface area contributed by atoms with Crippen LogP contribution in [0.2, 0.25) is 0 Å². The van der Waals surface area contributed by atoms with Crippen molar-refractivity contribution in [3.05, 3.63) is 53.2 Å². The summed E-state index contributed by atoms with van der Waals surface area (Å²) < 4.78 is 2.20. The molecule has 1 N–H and O–H groups in total. The molecule has 2 heterocycles. The maximum atomic E-state index is 12.0. The lowest BCUT2D eigenvalue weighted by Crippen LogP contribution is -2.15. The van der Waals surface area contributed by atoms with Gasteiger partial charge in [-0.1, -0.05) is 18.2 Å². The van der Waals surface area contributed by atoms with E-state index in [0.29, 0.717) is 21.8 Å². The Morgan fingerprint density at radius 1 is 1.16 bits per heavy atom. The smallest absolute Gasteiger partial charge is 0.257 e. The lowest BCUT2D eigenvalue weighted by molar-refractivity contribution is 0.102. The molecule has 0 atom stereocenters. The van der Waals surface area contributed by atoms with Crippen LogP contribution in [0, 0.1) is 0 Å². The number of anilines is 1. The van der Waals surface area contributed by atoms with E-state index in [1.165, 1.54) is 6.33 Å². The predicted molar refractivity (Wildman–Crippen MR) is 72.9 cm³/mol. The van der Waals surface area contributed by atoms with Gasteiger partial charge in [0, 0.05) is 5.56 Å². The van der Waals surface area contributed by atoms with E-state index in [1.807, 2.05) is 6.07 Å². The first-order valence-electron chi connectivity index (χ1n) is 5.45. The number of carbonyl (C=O) groups excluding carboxylic acids is 1. The van der Waals surface area contributed by atoms with E-state index in [4.69, 9.17) is 0 Å². The Morgan fingerprint density at radius 2 is 1.95 bits per heavy atom. The lowest BCUT2D eigenvalue weighted by Gasteiger charge is -2.05. The summed E-state index contributed by atoms with van der Waals surface area (Å²) >= 11 is 3.28. The number of hydrogen-bond donors (Lipinski definition) is 1. The number of carbonyl (C=O) groups is 1. The molecule has 0 fully saturated rings. The van der Waals surface area contributed by atoms with Crippen LogP contribution in [0.15, 0.2) is 47.6 Å². The predicted octanol–water partition coefficient (Wildman–Crippen LogP) is 2.14. The number of hydrogen-bond acceptors (Lipinski definition) is 4. The van der Waals surface area contributed by atoms with Crippen molar-refractivity contribution < 1.29 is 4.79 Å². The summed E-state index contributed by atoms with van der Waals surface area (Å²) in [5.41, 5.74) is 1.16. The molecule has 0 spiro atoms. The maximum absolute atomic E-state index is 12.0.